The maximum atomic E-state index is 5.58. The van der Waals surface area contributed by atoms with E-state index >= 15 is 0 Å². The zero-order valence-corrected chi connectivity index (χ0v) is 12.3. The maximum absolute atomic E-state index is 5.58. The number of hydrogen-bond donors (Lipinski definition) is 1. The molecule has 0 heterocycles. The largest absolute Gasteiger partial charge is 0.490 e. The van der Waals surface area contributed by atoms with Crippen molar-refractivity contribution in [3.63, 3.8) is 0 Å². The molecule has 0 saturated heterocycles. The highest BCUT2D eigenvalue weighted by Gasteiger charge is 2.05. The Hall–Kier alpha value is -0.930. The van der Waals surface area contributed by atoms with Crippen LogP contribution in [0.1, 0.15) is 32.8 Å². The van der Waals surface area contributed by atoms with E-state index in [1.807, 2.05) is 19.9 Å². The summed E-state index contributed by atoms with van der Waals surface area (Å²) in [5, 5.41) is 3.38. The molecule has 18 heavy (non-hydrogen) atoms. The molecule has 0 saturated carbocycles. The standard InChI is InChI=1S/C14H23NO2.ClH/c1-4-9-15-11-12-7-8-13(16-5-2)14(10-12)17-6-3;/h7-8,10,15H,4-6,9,11H2,1-3H3;1H. The van der Waals surface area contributed by atoms with E-state index in [2.05, 4.69) is 24.4 Å². The lowest BCUT2D eigenvalue weighted by Gasteiger charge is -2.12. The van der Waals surface area contributed by atoms with Crippen LogP contribution in [0.5, 0.6) is 11.5 Å². The van der Waals surface area contributed by atoms with E-state index in [0.29, 0.717) is 13.2 Å². The Bertz CT molecular complexity index is 332. The Morgan fingerprint density at radius 2 is 1.67 bits per heavy atom. The predicted octanol–water partition coefficient (Wildman–Crippen LogP) is 3.41. The van der Waals surface area contributed by atoms with Crippen LogP contribution in [-0.2, 0) is 6.54 Å². The van der Waals surface area contributed by atoms with Gasteiger partial charge in [-0.05, 0) is 44.5 Å². The first-order valence-corrected chi connectivity index (χ1v) is 6.41. The number of ether oxygens (including phenoxy) is 2. The van der Waals surface area contributed by atoms with Gasteiger partial charge in [-0.15, -0.1) is 12.4 Å². The summed E-state index contributed by atoms with van der Waals surface area (Å²) in [7, 11) is 0. The molecule has 0 fully saturated rings. The van der Waals surface area contributed by atoms with Crippen LogP contribution in [0.3, 0.4) is 0 Å². The molecule has 0 amide bonds. The molecule has 0 aromatic heterocycles. The van der Waals surface area contributed by atoms with Gasteiger partial charge < -0.3 is 14.8 Å². The fourth-order valence-corrected chi connectivity index (χ4v) is 1.61. The smallest absolute Gasteiger partial charge is 0.161 e. The van der Waals surface area contributed by atoms with Crippen molar-refractivity contribution in [1.82, 2.24) is 5.32 Å². The minimum atomic E-state index is 0. The van der Waals surface area contributed by atoms with E-state index in [9.17, 15) is 0 Å². The van der Waals surface area contributed by atoms with Crippen LogP contribution in [0, 0.1) is 0 Å². The average molecular weight is 274 g/mol. The molecule has 0 spiro atoms. The van der Waals surface area contributed by atoms with Gasteiger partial charge in [-0.3, -0.25) is 0 Å². The molecular weight excluding hydrogens is 250 g/mol. The van der Waals surface area contributed by atoms with Gasteiger partial charge in [0.25, 0.3) is 0 Å². The Labute approximate surface area is 116 Å². The van der Waals surface area contributed by atoms with Crippen LogP contribution in [0.25, 0.3) is 0 Å². The average Bonchev–Trinajstić information content (AvgIpc) is 2.33. The molecule has 1 aromatic rings. The third-order valence-corrected chi connectivity index (χ3v) is 2.36. The SMILES string of the molecule is CCCNCc1ccc(OCC)c(OCC)c1.Cl. The zero-order valence-electron chi connectivity index (χ0n) is 11.5. The van der Waals surface area contributed by atoms with E-state index in [1.54, 1.807) is 0 Å². The monoisotopic (exact) mass is 273 g/mol. The number of rotatable bonds is 8. The van der Waals surface area contributed by atoms with E-state index in [1.165, 1.54) is 5.56 Å². The van der Waals surface area contributed by atoms with Crippen LogP contribution in [-0.4, -0.2) is 19.8 Å². The van der Waals surface area contributed by atoms with E-state index in [-0.39, 0.29) is 12.4 Å². The molecule has 4 heteroatoms. The van der Waals surface area contributed by atoms with Gasteiger partial charge in [0.2, 0.25) is 0 Å². The lowest BCUT2D eigenvalue weighted by Crippen LogP contribution is -2.13. The third kappa shape index (κ3) is 5.61. The lowest BCUT2D eigenvalue weighted by atomic mass is 10.2. The van der Waals surface area contributed by atoms with Crippen LogP contribution in [0.2, 0.25) is 0 Å². The molecule has 0 aliphatic rings. The minimum Gasteiger partial charge on any atom is -0.490 e. The Morgan fingerprint density at radius 3 is 2.28 bits per heavy atom. The molecule has 1 aromatic carbocycles. The van der Waals surface area contributed by atoms with Crippen molar-refractivity contribution in [2.24, 2.45) is 0 Å². The van der Waals surface area contributed by atoms with Gasteiger partial charge >= 0.3 is 0 Å². The molecule has 0 atom stereocenters. The third-order valence-electron chi connectivity index (χ3n) is 2.36. The fourth-order valence-electron chi connectivity index (χ4n) is 1.61. The van der Waals surface area contributed by atoms with E-state index < -0.39 is 0 Å². The Balaban J connectivity index is 0.00000289. The van der Waals surface area contributed by atoms with Crippen molar-refractivity contribution in [3.05, 3.63) is 23.8 Å². The number of hydrogen-bond acceptors (Lipinski definition) is 3. The summed E-state index contributed by atoms with van der Waals surface area (Å²) in [6, 6.07) is 6.12. The van der Waals surface area contributed by atoms with Crippen molar-refractivity contribution in [1.29, 1.82) is 0 Å². The number of halogens is 1. The highest BCUT2D eigenvalue weighted by molar-refractivity contribution is 5.85. The molecule has 0 aliphatic carbocycles. The quantitative estimate of drug-likeness (QED) is 0.737. The first kappa shape index (κ1) is 17.1. The van der Waals surface area contributed by atoms with Crippen LogP contribution < -0.4 is 14.8 Å². The van der Waals surface area contributed by atoms with Crippen molar-refractivity contribution < 1.29 is 9.47 Å². The topological polar surface area (TPSA) is 30.5 Å². The summed E-state index contributed by atoms with van der Waals surface area (Å²) in [6.45, 7) is 9.36. The van der Waals surface area contributed by atoms with Gasteiger partial charge in [-0.2, -0.15) is 0 Å². The molecule has 3 nitrogen and oxygen atoms in total. The summed E-state index contributed by atoms with van der Waals surface area (Å²) < 4.78 is 11.1. The number of benzene rings is 1. The van der Waals surface area contributed by atoms with Crippen molar-refractivity contribution in [3.8, 4) is 11.5 Å². The normalized spacial score (nSPS) is 9.72. The van der Waals surface area contributed by atoms with E-state index in [4.69, 9.17) is 9.47 Å². The van der Waals surface area contributed by atoms with Gasteiger partial charge in [0, 0.05) is 6.54 Å². The van der Waals surface area contributed by atoms with Gasteiger partial charge in [-0.1, -0.05) is 13.0 Å². The molecule has 0 aliphatic heterocycles. The summed E-state index contributed by atoms with van der Waals surface area (Å²) in [5.74, 6) is 1.67. The van der Waals surface area contributed by atoms with Crippen LogP contribution >= 0.6 is 12.4 Å². The fraction of sp³-hybridized carbons (Fsp3) is 0.571. The molecule has 0 radical (unpaired) electrons. The Morgan fingerprint density at radius 1 is 1.00 bits per heavy atom. The summed E-state index contributed by atoms with van der Waals surface area (Å²) in [6.07, 6.45) is 1.15. The second-order valence-corrected chi connectivity index (χ2v) is 3.82. The molecular formula is C14H24ClNO2. The predicted molar refractivity (Wildman–Crippen MR) is 78.0 cm³/mol. The molecule has 104 valence electrons. The summed E-state index contributed by atoms with van der Waals surface area (Å²) in [5.41, 5.74) is 1.23. The van der Waals surface area contributed by atoms with Crippen LogP contribution in [0.4, 0.5) is 0 Å². The van der Waals surface area contributed by atoms with Crippen molar-refractivity contribution >= 4 is 12.4 Å². The molecule has 1 N–H and O–H groups in total. The molecule has 0 unspecified atom stereocenters. The first-order valence-electron chi connectivity index (χ1n) is 6.41. The number of nitrogens with one attached hydrogen (secondary N) is 1. The minimum absolute atomic E-state index is 0. The summed E-state index contributed by atoms with van der Waals surface area (Å²) in [4.78, 5) is 0. The maximum Gasteiger partial charge on any atom is 0.161 e. The molecule has 0 bridgehead atoms. The highest BCUT2D eigenvalue weighted by atomic mass is 35.5. The highest BCUT2D eigenvalue weighted by Crippen LogP contribution is 2.28. The lowest BCUT2D eigenvalue weighted by molar-refractivity contribution is 0.287. The van der Waals surface area contributed by atoms with Gasteiger partial charge in [0.15, 0.2) is 11.5 Å². The van der Waals surface area contributed by atoms with Crippen molar-refractivity contribution in [2.75, 3.05) is 19.8 Å². The zero-order chi connectivity index (χ0) is 12.5. The van der Waals surface area contributed by atoms with Gasteiger partial charge in [-0.25, -0.2) is 0 Å². The Kier molecular flexibility index (Phi) is 9.52. The second kappa shape index (κ2) is 10.0. The van der Waals surface area contributed by atoms with Crippen molar-refractivity contribution in [2.45, 2.75) is 33.7 Å². The first-order chi connectivity index (χ1) is 8.31. The van der Waals surface area contributed by atoms with Crippen LogP contribution in [0.15, 0.2) is 18.2 Å². The second-order valence-electron chi connectivity index (χ2n) is 3.82. The molecule has 1 rings (SSSR count). The van der Waals surface area contributed by atoms with Gasteiger partial charge in [0.05, 0.1) is 13.2 Å². The van der Waals surface area contributed by atoms with E-state index in [0.717, 1.165) is 31.0 Å². The summed E-state index contributed by atoms with van der Waals surface area (Å²) >= 11 is 0. The van der Waals surface area contributed by atoms with Gasteiger partial charge in [0.1, 0.15) is 0 Å².